The van der Waals surface area contributed by atoms with Gasteiger partial charge < -0.3 is 4.55 Å². The van der Waals surface area contributed by atoms with Gasteiger partial charge in [0.1, 0.15) is 0 Å². The Bertz CT molecular complexity index is 398. The first-order chi connectivity index (χ1) is 5.92. The molecule has 0 bridgehead atoms. The molecule has 1 nitrogen and oxygen atoms in total. The zero-order chi connectivity index (χ0) is 8.39. The predicted molar refractivity (Wildman–Crippen MR) is 50.6 cm³/mol. The molecule has 3 heteroatoms. The SMILES string of the molecule is [K+].[O-]Sc1cccc2ccccc12. The van der Waals surface area contributed by atoms with Gasteiger partial charge in [-0.3, -0.25) is 0 Å². The fraction of sp³-hybridized carbons (Fsp3) is 0. The van der Waals surface area contributed by atoms with E-state index >= 15 is 0 Å². The molecule has 0 aliphatic carbocycles. The summed E-state index contributed by atoms with van der Waals surface area (Å²) >= 11 is 0.548. The van der Waals surface area contributed by atoms with E-state index in [1.807, 2.05) is 42.5 Å². The van der Waals surface area contributed by atoms with Crippen molar-refractivity contribution in [3.05, 3.63) is 42.5 Å². The van der Waals surface area contributed by atoms with Crippen molar-refractivity contribution in [3.8, 4) is 0 Å². The van der Waals surface area contributed by atoms with Crippen molar-refractivity contribution in [1.29, 1.82) is 0 Å². The van der Waals surface area contributed by atoms with Gasteiger partial charge in [0.2, 0.25) is 0 Å². The van der Waals surface area contributed by atoms with Gasteiger partial charge in [0.15, 0.2) is 0 Å². The minimum Gasteiger partial charge on any atom is -0.795 e. The Morgan fingerprint density at radius 3 is 2.38 bits per heavy atom. The predicted octanol–water partition coefficient (Wildman–Crippen LogP) is 0.0663. The smallest absolute Gasteiger partial charge is 0.795 e. The molecule has 0 saturated carbocycles. The number of hydrogen-bond donors (Lipinski definition) is 0. The standard InChI is InChI=1S/C10H8OS.K/c11-12-10-7-3-5-8-4-1-2-6-9(8)10;/h1-7,11H;/q;+1/p-1. The van der Waals surface area contributed by atoms with E-state index in [0.717, 1.165) is 15.7 Å². The number of fused-ring (bicyclic) bond motifs is 1. The third kappa shape index (κ3) is 2.56. The van der Waals surface area contributed by atoms with E-state index in [1.54, 1.807) is 0 Å². The summed E-state index contributed by atoms with van der Waals surface area (Å²) in [6.07, 6.45) is 0. The van der Waals surface area contributed by atoms with Crippen molar-refractivity contribution in [3.63, 3.8) is 0 Å². The Morgan fingerprint density at radius 2 is 1.62 bits per heavy atom. The Balaban J connectivity index is 0.000000845. The minimum atomic E-state index is 0. The van der Waals surface area contributed by atoms with E-state index in [1.165, 1.54) is 0 Å². The number of rotatable bonds is 1. The largest absolute Gasteiger partial charge is 1.00 e. The summed E-state index contributed by atoms with van der Waals surface area (Å²) in [6.45, 7) is 0. The molecule has 0 N–H and O–H groups in total. The van der Waals surface area contributed by atoms with Crippen LogP contribution in [0.5, 0.6) is 0 Å². The number of benzene rings is 2. The Kier molecular flexibility index (Phi) is 4.97. The maximum Gasteiger partial charge on any atom is 1.00 e. The molecule has 0 aliphatic rings. The van der Waals surface area contributed by atoms with Crippen LogP contribution in [0.4, 0.5) is 0 Å². The Morgan fingerprint density at radius 1 is 0.923 bits per heavy atom. The summed E-state index contributed by atoms with van der Waals surface area (Å²) < 4.78 is 10.7. The molecule has 0 saturated heterocycles. The van der Waals surface area contributed by atoms with Gasteiger partial charge in [0, 0.05) is 4.90 Å². The topological polar surface area (TPSA) is 23.1 Å². The molecule has 0 radical (unpaired) electrons. The molecular weight excluding hydrogens is 207 g/mol. The molecular formula is C10H7KOS. The summed E-state index contributed by atoms with van der Waals surface area (Å²) in [5, 5.41) is 2.17. The molecule has 2 aromatic rings. The van der Waals surface area contributed by atoms with Crippen LogP contribution < -0.4 is 51.4 Å². The second kappa shape index (κ2) is 5.51. The van der Waals surface area contributed by atoms with Crippen molar-refractivity contribution in [2.75, 3.05) is 0 Å². The number of hydrogen-bond acceptors (Lipinski definition) is 2. The van der Waals surface area contributed by atoms with E-state index in [4.69, 9.17) is 0 Å². The minimum absolute atomic E-state index is 0. The summed E-state index contributed by atoms with van der Waals surface area (Å²) in [5.74, 6) is 0. The third-order valence-electron chi connectivity index (χ3n) is 1.84. The van der Waals surface area contributed by atoms with Crippen LogP contribution in [0, 0.1) is 0 Å². The second-order valence-corrected chi connectivity index (χ2v) is 3.17. The Labute approximate surface area is 124 Å². The zero-order valence-electron chi connectivity index (χ0n) is 7.36. The molecule has 0 fully saturated rings. The van der Waals surface area contributed by atoms with Crippen LogP contribution in [-0.2, 0) is 0 Å². The van der Waals surface area contributed by atoms with E-state index in [0.29, 0.717) is 12.0 Å². The van der Waals surface area contributed by atoms with Crippen LogP contribution in [0.15, 0.2) is 47.4 Å². The fourth-order valence-corrected chi connectivity index (χ4v) is 1.68. The molecule has 2 rings (SSSR count). The van der Waals surface area contributed by atoms with Crippen molar-refractivity contribution in [2.24, 2.45) is 0 Å². The first kappa shape index (κ1) is 11.7. The van der Waals surface area contributed by atoms with Crippen LogP contribution in [-0.4, -0.2) is 4.55 Å². The van der Waals surface area contributed by atoms with Gasteiger partial charge >= 0.3 is 51.4 Å². The molecule has 2 aromatic carbocycles. The van der Waals surface area contributed by atoms with Gasteiger partial charge in [-0.2, -0.15) is 0 Å². The van der Waals surface area contributed by atoms with Crippen LogP contribution in [0.25, 0.3) is 10.8 Å². The first-order valence-electron chi connectivity index (χ1n) is 3.69. The molecule has 0 unspecified atom stereocenters. The molecule has 0 aliphatic heterocycles. The van der Waals surface area contributed by atoms with Gasteiger partial charge in [0.05, 0.1) is 0 Å². The maximum absolute atomic E-state index is 10.7. The summed E-state index contributed by atoms with van der Waals surface area (Å²) in [4.78, 5) is 0.799. The van der Waals surface area contributed by atoms with Crippen molar-refractivity contribution in [1.82, 2.24) is 0 Å². The van der Waals surface area contributed by atoms with E-state index < -0.39 is 0 Å². The molecule has 0 aromatic heterocycles. The quantitative estimate of drug-likeness (QED) is 0.495. The summed E-state index contributed by atoms with van der Waals surface area (Å²) in [5.41, 5.74) is 0. The summed E-state index contributed by atoms with van der Waals surface area (Å²) in [7, 11) is 0. The van der Waals surface area contributed by atoms with Crippen LogP contribution in [0.2, 0.25) is 0 Å². The fourth-order valence-electron chi connectivity index (χ4n) is 1.27. The zero-order valence-corrected chi connectivity index (χ0v) is 11.3. The maximum atomic E-state index is 10.7. The third-order valence-corrected chi connectivity index (χ3v) is 2.37. The molecule has 0 spiro atoms. The van der Waals surface area contributed by atoms with Crippen LogP contribution >= 0.6 is 12.0 Å². The van der Waals surface area contributed by atoms with E-state index in [-0.39, 0.29) is 51.4 Å². The Hall–Kier alpha value is 0.646. The van der Waals surface area contributed by atoms with Crippen molar-refractivity contribution in [2.45, 2.75) is 4.90 Å². The molecule has 0 amide bonds. The van der Waals surface area contributed by atoms with Crippen molar-refractivity contribution >= 4 is 22.8 Å². The monoisotopic (exact) mass is 214 g/mol. The van der Waals surface area contributed by atoms with Gasteiger partial charge in [-0.15, -0.1) is 0 Å². The van der Waals surface area contributed by atoms with E-state index in [2.05, 4.69) is 0 Å². The van der Waals surface area contributed by atoms with Gasteiger partial charge in [-0.25, -0.2) is 12.0 Å². The normalized spacial score (nSPS) is 9.62. The summed E-state index contributed by atoms with van der Waals surface area (Å²) in [6, 6.07) is 13.7. The molecule has 60 valence electrons. The molecule has 0 atom stereocenters. The van der Waals surface area contributed by atoms with Crippen LogP contribution in [0.1, 0.15) is 0 Å². The average Bonchev–Trinajstić information content (AvgIpc) is 2.17. The average molecular weight is 214 g/mol. The van der Waals surface area contributed by atoms with Gasteiger partial charge in [-0.05, 0) is 16.8 Å². The molecule has 0 heterocycles. The van der Waals surface area contributed by atoms with Gasteiger partial charge in [0.25, 0.3) is 0 Å². The van der Waals surface area contributed by atoms with Crippen molar-refractivity contribution < 1.29 is 55.9 Å². The molecule has 13 heavy (non-hydrogen) atoms. The second-order valence-electron chi connectivity index (χ2n) is 2.56. The first-order valence-corrected chi connectivity index (χ1v) is 4.43. The van der Waals surface area contributed by atoms with Crippen LogP contribution in [0.3, 0.4) is 0 Å². The van der Waals surface area contributed by atoms with E-state index in [9.17, 15) is 4.55 Å². The van der Waals surface area contributed by atoms with Gasteiger partial charge in [-0.1, -0.05) is 36.4 Å².